The number of hydrogen-bond acceptors (Lipinski definition) is 7. The van der Waals surface area contributed by atoms with E-state index < -0.39 is 5.97 Å². The second-order valence-electron chi connectivity index (χ2n) is 3.78. The Balaban J connectivity index is 2.11. The molecule has 0 aromatic carbocycles. The Hall–Kier alpha value is -1.48. The van der Waals surface area contributed by atoms with Gasteiger partial charge in [0.2, 0.25) is 5.16 Å². The molecule has 2 aromatic rings. The van der Waals surface area contributed by atoms with Gasteiger partial charge in [0, 0.05) is 5.38 Å². The van der Waals surface area contributed by atoms with Crippen molar-refractivity contribution in [2.24, 2.45) is 0 Å². The van der Waals surface area contributed by atoms with Crippen molar-refractivity contribution in [1.82, 2.24) is 25.2 Å². The second-order valence-corrected chi connectivity index (χ2v) is 5.85. The molecule has 7 nitrogen and oxygen atoms in total. The molecule has 0 saturated heterocycles. The number of carbonyl (C=O) groups is 1. The maximum Gasteiger partial charge on any atom is 0.309 e. The number of aliphatic carboxylic acids is 1. The maximum absolute atomic E-state index is 10.6. The van der Waals surface area contributed by atoms with Crippen molar-refractivity contribution in [3.63, 3.8) is 0 Å². The van der Waals surface area contributed by atoms with E-state index in [1.807, 2.05) is 13.8 Å². The molecular weight excluding hydrogens is 274 g/mol. The SMILES string of the molecule is CC(C)n1nnnc1Sc1nc(CC(=O)O)cs1. The van der Waals surface area contributed by atoms with Crippen molar-refractivity contribution >= 4 is 29.1 Å². The summed E-state index contributed by atoms with van der Waals surface area (Å²) in [5.74, 6) is -0.885. The zero-order chi connectivity index (χ0) is 13.1. The van der Waals surface area contributed by atoms with Gasteiger partial charge in [-0.1, -0.05) is 0 Å². The third-order valence-corrected chi connectivity index (χ3v) is 3.93. The van der Waals surface area contributed by atoms with Crippen LogP contribution >= 0.6 is 23.1 Å². The van der Waals surface area contributed by atoms with E-state index in [1.54, 1.807) is 10.1 Å². The number of nitrogens with zero attached hydrogens (tertiary/aromatic N) is 5. The van der Waals surface area contributed by atoms with Crippen molar-refractivity contribution in [3.05, 3.63) is 11.1 Å². The fourth-order valence-electron chi connectivity index (χ4n) is 1.23. The predicted molar refractivity (Wildman–Crippen MR) is 65.8 cm³/mol. The molecule has 0 radical (unpaired) electrons. The molecule has 0 spiro atoms. The molecule has 0 aliphatic carbocycles. The van der Waals surface area contributed by atoms with Crippen LogP contribution in [0.5, 0.6) is 0 Å². The summed E-state index contributed by atoms with van der Waals surface area (Å²) in [4.78, 5) is 14.8. The lowest BCUT2D eigenvalue weighted by atomic mass is 10.3. The summed E-state index contributed by atoms with van der Waals surface area (Å²) in [5.41, 5.74) is 0.554. The van der Waals surface area contributed by atoms with E-state index in [2.05, 4.69) is 20.5 Å². The summed E-state index contributed by atoms with van der Waals surface area (Å²) in [6, 6.07) is 0.168. The molecule has 18 heavy (non-hydrogen) atoms. The number of aromatic nitrogens is 5. The third kappa shape index (κ3) is 3.05. The highest BCUT2D eigenvalue weighted by atomic mass is 32.2. The van der Waals surface area contributed by atoms with E-state index in [4.69, 9.17) is 5.11 Å². The van der Waals surface area contributed by atoms with Gasteiger partial charge in [-0.15, -0.1) is 16.4 Å². The molecule has 2 rings (SSSR count). The van der Waals surface area contributed by atoms with Gasteiger partial charge in [0.1, 0.15) is 0 Å². The fraction of sp³-hybridized carbons (Fsp3) is 0.444. The van der Waals surface area contributed by atoms with Crippen molar-refractivity contribution in [2.45, 2.75) is 35.8 Å². The van der Waals surface area contributed by atoms with Gasteiger partial charge >= 0.3 is 5.97 Å². The van der Waals surface area contributed by atoms with E-state index in [0.717, 1.165) is 4.34 Å². The third-order valence-electron chi connectivity index (χ3n) is 1.99. The first-order valence-electron chi connectivity index (χ1n) is 5.18. The van der Waals surface area contributed by atoms with E-state index >= 15 is 0 Å². The molecule has 0 bridgehead atoms. The molecule has 2 aromatic heterocycles. The van der Waals surface area contributed by atoms with Crippen molar-refractivity contribution < 1.29 is 9.90 Å². The van der Waals surface area contributed by atoms with Gasteiger partial charge in [-0.3, -0.25) is 4.79 Å². The monoisotopic (exact) mass is 285 g/mol. The largest absolute Gasteiger partial charge is 0.481 e. The van der Waals surface area contributed by atoms with Crippen LogP contribution in [0.4, 0.5) is 0 Å². The van der Waals surface area contributed by atoms with Crippen LogP contribution in [0.25, 0.3) is 0 Å². The number of carboxylic acids is 1. The topological polar surface area (TPSA) is 93.8 Å². The van der Waals surface area contributed by atoms with E-state index in [-0.39, 0.29) is 12.5 Å². The minimum absolute atomic E-state index is 0.0633. The summed E-state index contributed by atoms with van der Waals surface area (Å²) < 4.78 is 2.44. The molecule has 0 atom stereocenters. The number of thiazole rings is 1. The number of tetrazole rings is 1. The summed E-state index contributed by atoms with van der Waals surface area (Å²) in [5, 5.41) is 22.5. The minimum atomic E-state index is -0.885. The lowest BCUT2D eigenvalue weighted by Gasteiger charge is -2.05. The molecule has 0 aliphatic rings. The quantitative estimate of drug-likeness (QED) is 0.889. The van der Waals surface area contributed by atoms with E-state index in [1.165, 1.54) is 23.1 Å². The lowest BCUT2D eigenvalue weighted by Crippen LogP contribution is -2.04. The van der Waals surface area contributed by atoms with Crippen LogP contribution in [0, 0.1) is 0 Å². The molecule has 9 heteroatoms. The number of carboxylic acid groups (broad SMARTS) is 1. The van der Waals surface area contributed by atoms with E-state index in [0.29, 0.717) is 10.9 Å². The van der Waals surface area contributed by atoms with E-state index in [9.17, 15) is 4.79 Å². The Morgan fingerprint density at radius 1 is 1.61 bits per heavy atom. The fourth-order valence-corrected chi connectivity index (χ4v) is 3.07. The number of rotatable bonds is 5. The van der Waals surface area contributed by atoms with Gasteiger partial charge in [-0.05, 0) is 36.0 Å². The molecule has 0 fully saturated rings. The van der Waals surface area contributed by atoms with Gasteiger partial charge in [0.15, 0.2) is 4.34 Å². The van der Waals surface area contributed by atoms with Gasteiger partial charge in [-0.2, -0.15) is 0 Å². The number of hydrogen-bond donors (Lipinski definition) is 1. The molecule has 0 amide bonds. The molecule has 0 aliphatic heterocycles. The first-order valence-corrected chi connectivity index (χ1v) is 6.88. The minimum Gasteiger partial charge on any atom is -0.481 e. The molecule has 0 unspecified atom stereocenters. The summed E-state index contributed by atoms with van der Waals surface area (Å²) in [7, 11) is 0. The first-order chi connectivity index (χ1) is 8.56. The Labute approximate surface area is 111 Å². The Kier molecular flexibility index (Phi) is 3.92. The van der Waals surface area contributed by atoms with Gasteiger partial charge in [-0.25, -0.2) is 9.67 Å². The zero-order valence-electron chi connectivity index (χ0n) is 9.77. The second kappa shape index (κ2) is 5.44. The molecule has 0 saturated carbocycles. The molecular formula is C9H11N5O2S2. The summed E-state index contributed by atoms with van der Waals surface area (Å²) in [6.07, 6.45) is -0.0633. The lowest BCUT2D eigenvalue weighted by molar-refractivity contribution is -0.136. The Morgan fingerprint density at radius 3 is 3.06 bits per heavy atom. The van der Waals surface area contributed by atoms with Crippen molar-refractivity contribution in [3.8, 4) is 0 Å². The first kappa shape index (κ1) is 13.0. The van der Waals surface area contributed by atoms with Crippen LogP contribution in [-0.2, 0) is 11.2 Å². The standard InChI is InChI=1S/C9H11N5O2S2/c1-5(2)14-8(11-12-13-14)18-9-10-6(4-17-9)3-7(15)16/h4-5H,3H2,1-2H3,(H,15,16). The summed E-state index contributed by atoms with van der Waals surface area (Å²) >= 11 is 2.73. The molecule has 96 valence electrons. The van der Waals surface area contributed by atoms with Crippen LogP contribution in [0.15, 0.2) is 14.9 Å². The van der Waals surface area contributed by atoms with Crippen LogP contribution in [0.3, 0.4) is 0 Å². The average Bonchev–Trinajstić information content (AvgIpc) is 2.87. The highest BCUT2D eigenvalue weighted by Gasteiger charge is 2.13. The zero-order valence-corrected chi connectivity index (χ0v) is 11.4. The van der Waals surface area contributed by atoms with Crippen LogP contribution in [0.2, 0.25) is 0 Å². The van der Waals surface area contributed by atoms with Crippen LogP contribution in [0.1, 0.15) is 25.6 Å². The van der Waals surface area contributed by atoms with Crippen LogP contribution in [-0.4, -0.2) is 36.3 Å². The smallest absolute Gasteiger partial charge is 0.309 e. The summed E-state index contributed by atoms with van der Waals surface area (Å²) in [6.45, 7) is 3.97. The van der Waals surface area contributed by atoms with Gasteiger partial charge < -0.3 is 5.11 Å². The Morgan fingerprint density at radius 2 is 2.39 bits per heavy atom. The molecule has 1 N–H and O–H groups in total. The Bertz CT molecular complexity index is 551. The normalized spacial score (nSPS) is 11.1. The predicted octanol–water partition coefficient (Wildman–Crippen LogP) is 1.49. The maximum atomic E-state index is 10.6. The van der Waals surface area contributed by atoms with Gasteiger partial charge in [0.05, 0.1) is 18.2 Å². The van der Waals surface area contributed by atoms with Gasteiger partial charge in [0.25, 0.3) is 0 Å². The highest BCUT2D eigenvalue weighted by molar-refractivity contribution is 8.00. The van der Waals surface area contributed by atoms with Crippen molar-refractivity contribution in [2.75, 3.05) is 0 Å². The highest BCUT2D eigenvalue weighted by Crippen LogP contribution is 2.29. The van der Waals surface area contributed by atoms with Crippen molar-refractivity contribution in [1.29, 1.82) is 0 Å². The average molecular weight is 285 g/mol. The van der Waals surface area contributed by atoms with Crippen LogP contribution < -0.4 is 0 Å². The molecule has 2 heterocycles.